The number of imidazole rings is 1. The molecule has 1 amide bonds. The highest BCUT2D eigenvalue weighted by Gasteiger charge is 2.12. The zero-order chi connectivity index (χ0) is 16.0. The standard InChI is InChI=1S/C16H11BrN4OS/c1-18-14(22)10-4-2-9(3-5-10)11-8-21-12-6-7-13(17)20-15(12)23-16(21)19-11/h2-8H,1H3,(H,18,22). The molecule has 0 atom stereocenters. The van der Waals surface area contributed by atoms with Crippen molar-refractivity contribution < 1.29 is 4.79 Å². The van der Waals surface area contributed by atoms with Crippen LogP contribution >= 0.6 is 27.3 Å². The molecule has 0 saturated heterocycles. The Labute approximate surface area is 144 Å². The van der Waals surface area contributed by atoms with E-state index in [1.54, 1.807) is 30.5 Å². The van der Waals surface area contributed by atoms with E-state index in [9.17, 15) is 4.79 Å². The third kappa shape index (κ3) is 2.42. The Morgan fingerprint density at radius 2 is 1.96 bits per heavy atom. The number of halogens is 1. The first-order valence-corrected chi connectivity index (χ1v) is 8.53. The first-order valence-electron chi connectivity index (χ1n) is 6.92. The average Bonchev–Trinajstić information content (AvgIpc) is 3.11. The number of pyridine rings is 1. The molecule has 0 unspecified atom stereocenters. The maximum absolute atomic E-state index is 11.6. The summed E-state index contributed by atoms with van der Waals surface area (Å²) >= 11 is 4.94. The Morgan fingerprint density at radius 1 is 1.17 bits per heavy atom. The molecule has 7 heteroatoms. The number of benzene rings is 1. The van der Waals surface area contributed by atoms with Crippen LogP contribution < -0.4 is 5.32 Å². The smallest absolute Gasteiger partial charge is 0.251 e. The minimum absolute atomic E-state index is 0.0926. The summed E-state index contributed by atoms with van der Waals surface area (Å²) in [7, 11) is 1.62. The van der Waals surface area contributed by atoms with E-state index in [1.807, 2.05) is 34.9 Å². The summed E-state index contributed by atoms with van der Waals surface area (Å²) in [6.45, 7) is 0. The van der Waals surface area contributed by atoms with Crippen LogP contribution in [0.15, 0.2) is 47.2 Å². The molecule has 23 heavy (non-hydrogen) atoms. The molecular formula is C16H11BrN4OS. The van der Waals surface area contributed by atoms with Crippen LogP contribution in [0.1, 0.15) is 10.4 Å². The lowest BCUT2D eigenvalue weighted by Gasteiger charge is -2.01. The molecule has 0 bridgehead atoms. The molecule has 4 rings (SSSR count). The predicted molar refractivity (Wildman–Crippen MR) is 94.9 cm³/mol. The van der Waals surface area contributed by atoms with Crippen LogP contribution in [0.25, 0.3) is 26.6 Å². The maximum Gasteiger partial charge on any atom is 0.251 e. The fourth-order valence-electron chi connectivity index (χ4n) is 2.44. The molecule has 0 aliphatic rings. The molecule has 3 aromatic heterocycles. The Morgan fingerprint density at radius 3 is 2.70 bits per heavy atom. The van der Waals surface area contributed by atoms with Crippen molar-refractivity contribution in [2.75, 3.05) is 7.05 Å². The minimum Gasteiger partial charge on any atom is -0.355 e. The van der Waals surface area contributed by atoms with Gasteiger partial charge in [0.15, 0.2) is 4.96 Å². The van der Waals surface area contributed by atoms with Crippen LogP contribution in [0.2, 0.25) is 0 Å². The number of nitrogens with one attached hydrogen (secondary N) is 1. The molecule has 1 N–H and O–H groups in total. The van der Waals surface area contributed by atoms with Crippen molar-refractivity contribution in [1.82, 2.24) is 19.7 Å². The van der Waals surface area contributed by atoms with Gasteiger partial charge in [0.25, 0.3) is 5.91 Å². The van der Waals surface area contributed by atoms with E-state index in [0.29, 0.717) is 5.56 Å². The van der Waals surface area contributed by atoms with Gasteiger partial charge in [0.2, 0.25) is 0 Å². The maximum atomic E-state index is 11.6. The topological polar surface area (TPSA) is 59.3 Å². The van der Waals surface area contributed by atoms with Gasteiger partial charge >= 0.3 is 0 Å². The summed E-state index contributed by atoms with van der Waals surface area (Å²) in [6, 6.07) is 11.4. The van der Waals surface area contributed by atoms with Crippen LogP contribution in [-0.4, -0.2) is 27.3 Å². The molecule has 5 nitrogen and oxygen atoms in total. The van der Waals surface area contributed by atoms with Crippen molar-refractivity contribution in [2.24, 2.45) is 0 Å². The van der Waals surface area contributed by atoms with Gasteiger partial charge in [-0.05, 0) is 40.2 Å². The Balaban J connectivity index is 1.78. The number of carbonyl (C=O) groups excluding carboxylic acids is 1. The van der Waals surface area contributed by atoms with Gasteiger partial charge in [0.1, 0.15) is 9.43 Å². The molecule has 0 aliphatic carbocycles. The lowest BCUT2D eigenvalue weighted by Crippen LogP contribution is -2.17. The fourth-order valence-corrected chi connectivity index (χ4v) is 3.85. The monoisotopic (exact) mass is 386 g/mol. The summed E-state index contributed by atoms with van der Waals surface area (Å²) < 4.78 is 2.86. The second-order valence-corrected chi connectivity index (χ2v) is 6.76. The summed E-state index contributed by atoms with van der Waals surface area (Å²) in [5, 5.41) is 2.61. The molecule has 4 aromatic rings. The normalized spacial score (nSPS) is 11.2. The zero-order valence-corrected chi connectivity index (χ0v) is 14.5. The third-order valence-corrected chi connectivity index (χ3v) is 5.00. The number of hydrogen-bond acceptors (Lipinski definition) is 4. The van der Waals surface area contributed by atoms with Gasteiger partial charge in [-0.15, -0.1) is 0 Å². The summed E-state index contributed by atoms with van der Waals surface area (Å²) in [5.74, 6) is -0.0926. The molecule has 0 saturated carbocycles. The van der Waals surface area contributed by atoms with Crippen molar-refractivity contribution in [3.63, 3.8) is 0 Å². The van der Waals surface area contributed by atoms with E-state index in [-0.39, 0.29) is 5.91 Å². The van der Waals surface area contributed by atoms with Gasteiger partial charge in [-0.2, -0.15) is 0 Å². The Hall–Kier alpha value is -2.25. The Bertz CT molecular complexity index is 1040. The quantitative estimate of drug-likeness (QED) is 0.533. The van der Waals surface area contributed by atoms with Gasteiger partial charge in [-0.3, -0.25) is 9.20 Å². The van der Waals surface area contributed by atoms with E-state index in [1.165, 1.54) is 0 Å². The molecule has 114 valence electrons. The first-order chi connectivity index (χ1) is 11.2. The second-order valence-electron chi connectivity index (χ2n) is 5.00. The Kier molecular flexibility index (Phi) is 3.39. The first kappa shape index (κ1) is 14.3. The number of nitrogens with zero attached hydrogens (tertiary/aromatic N) is 3. The number of rotatable bonds is 2. The number of fused-ring (bicyclic) bond motifs is 3. The van der Waals surface area contributed by atoms with E-state index < -0.39 is 0 Å². The molecule has 0 spiro atoms. The van der Waals surface area contributed by atoms with Crippen LogP contribution in [-0.2, 0) is 0 Å². The van der Waals surface area contributed by atoms with Crippen molar-refractivity contribution >= 4 is 48.5 Å². The minimum atomic E-state index is -0.0926. The van der Waals surface area contributed by atoms with E-state index in [2.05, 4.69) is 31.2 Å². The molecule has 1 aromatic carbocycles. The van der Waals surface area contributed by atoms with Gasteiger partial charge < -0.3 is 5.32 Å². The summed E-state index contributed by atoms with van der Waals surface area (Å²) in [6.07, 6.45) is 2.00. The number of aromatic nitrogens is 3. The molecule has 0 fully saturated rings. The lowest BCUT2D eigenvalue weighted by molar-refractivity contribution is 0.0963. The van der Waals surface area contributed by atoms with Crippen molar-refractivity contribution in [3.8, 4) is 11.3 Å². The molecule has 0 aliphatic heterocycles. The summed E-state index contributed by atoms with van der Waals surface area (Å²) in [4.78, 5) is 22.6. The predicted octanol–water partition coefficient (Wildman–Crippen LogP) is 3.73. The van der Waals surface area contributed by atoms with Crippen LogP contribution in [0, 0.1) is 0 Å². The van der Waals surface area contributed by atoms with Crippen molar-refractivity contribution in [1.29, 1.82) is 0 Å². The van der Waals surface area contributed by atoms with Gasteiger partial charge in [0, 0.05) is 24.4 Å². The van der Waals surface area contributed by atoms with E-state index in [4.69, 9.17) is 0 Å². The number of hydrogen-bond donors (Lipinski definition) is 1. The van der Waals surface area contributed by atoms with Crippen LogP contribution in [0.4, 0.5) is 0 Å². The van der Waals surface area contributed by atoms with Crippen LogP contribution in [0.3, 0.4) is 0 Å². The molecule has 0 radical (unpaired) electrons. The van der Waals surface area contributed by atoms with E-state index >= 15 is 0 Å². The highest BCUT2D eigenvalue weighted by Crippen LogP contribution is 2.29. The van der Waals surface area contributed by atoms with Crippen molar-refractivity contribution in [2.45, 2.75) is 0 Å². The lowest BCUT2D eigenvalue weighted by atomic mass is 10.1. The molecular weight excluding hydrogens is 376 g/mol. The summed E-state index contributed by atoms with van der Waals surface area (Å²) in [5.41, 5.74) is 3.53. The third-order valence-electron chi connectivity index (χ3n) is 3.60. The highest BCUT2D eigenvalue weighted by molar-refractivity contribution is 9.10. The number of carbonyl (C=O) groups is 1. The second kappa shape index (κ2) is 5.43. The number of amides is 1. The largest absolute Gasteiger partial charge is 0.355 e. The van der Waals surface area contributed by atoms with E-state index in [0.717, 1.165) is 31.2 Å². The van der Waals surface area contributed by atoms with Gasteiger partial charge in [-0.1, -0.05) is 23.5 Å². The highest BCUT2D eigenvalue weighted by atomic mass is 79.9. The van der Waals surface area contributed by atoms with Gasteiger partial charge in [-0.25, -0.2) is 9.97 Å². The average molecular weight is 387 g/mol. The zero-order valence-electron chi connectivity index (χ0n) is 12.1. The fraction of sp³-hybridized carbons (Fsp3) is 0.0625. The van der Waals surface area contributed by atoms with Gasteiger partial charge in [0.05, 0.1) is 11.2 Å². The van der Waals surface area contributed by atoms with Crippen molar-refractivity contribution in [3.05, 3.63) is 52.8 Å². The van der Waals surface area contributed by atoms with Crippen LogP contribution in [0.5, 0.6) is 0 Å². The SMILES string of the molecule is CNC(=O)c1ccc(-c2cn3c(n2)sc2nc(Br)ccc23)cc1. The molecule has 3 heterocycles. The number of thiazole rings is 1.